The van der Waals surface area contributed by atoms with Gasteiger partial charge in [-0.3, -0.25) is 0 Å². The molecule has 0 amide bonds. The lowest BCUT2D eigenvalue weighted by molar-refractivity contribution is 0.660. The van der Waals surface area contributed by atoms with Crippen LogP contribution in [0.25, 0.3) is 60.9 Å². The predicted molar refractivity (Wildman–Crippen MR) is 169 cm³/mol. The zero-order valence-electron chi connectivity index (χ0n) is 22.7. The van der Waals surface area contributed by atoms with E-state index in [4.69, 9.17) is 0 Å². The number of hydrogen-bond donors (Lipinski definition) is 0. The summed E-state index contributed by atoms with van der Waals surface area (Å²) in [5, 5.41) is 2.56. The molecular weight excluding hydrogens is 482 g/mol. The van der Waals surface area contributed by atoms with Gasteiger partial charge < -0.3 is 4.57 Å². The van der Waals surface area contributed by atoms with Gasteiger partial charge in [0.1, 0.15) is 0 Å². The second-order valence-corrected chi connectivity index (χ2v) is 11.4. The average Bonchev–Trinajstić information content (AvgIpc) is 3.46. The van der Waals surface area contributed by atoms with Crippen molar-refractivity contribution in [2.75, 3.05) is 0 Å². The van der Waals surface area contributed by atoms with Gasteiger partial charge in [-0.15, -0.1) is 0 Å². The molecule has 7 aromatic rings. The highest BCUT2D eigenvalue weighted by molar-refractivity contribution is 6.10. The molecule has 6 aromatic carbocycles. The number of hydrogen-bond acceptors (Lipinski definition) is 0. The van der Waals surface area contributed by atoms with Gasteiger partial charge in [0.05, 0.1) is 11.0 Å². The van der Waals surface area contributed by atoms with Crippen molar-refractivity contribution in [2.45, 2.75) is 19.3 Å². The largest absolute Gasteiger partial charge is 0.309 e. The van der Waals surface area contributed by atoms with Crippen LogP contribution in [0.3, 0.4) is 0 Å². The topological polar surface area (TPSA) is 4.93 Å². The molecule has 0 spiro atoms. The van der Waals surface area contributed by atoms with Crippen molar-refractivity contribution in [3.63, 3.8) is 0 Å². The first kappa shape index (κ1) is 23.0. The van der Waals surface area contributed by atoms with Crippen molar-refractivity contribution in [1.82, 2.24) is 4.57 Å². The van der Waals surface area contributed by atoms with Gasteiger partial charge in [-0.25, -0.2) is 0 Å². The number of rotatable bonds is 3. The molecule has 0 bridgehead atoms. The zero-order valence-corrected chi connectivity index (χ0v) is 22.7. The van der Waals surface area contributed by atoms with Crippen LogP contribution in [-0.4, -0.2) is 4.57 Å². The van der Waals surface area contributed by atoms with Crippen molar-refractivity contribution >= 4 is 21.8 Å². The summed E-state index contributed by atoms with van der Waals surface area (Å²) < 4.78 is 2.41. The summed E-state index contributed by atoms with van der Waals surface area (Å²) in [6.07, 6.45) is 0. The number of benzene rings is 6. The summed E-state index contributed by atoms with van der Waals surface area (Å²) in [5.74, 6) is 0. The molecule has 0 unspecified atom stereocenters. The number of para-hydroxylation sites is 1. The Hall–Kier alpha value is -4.88. The summed E-state index contributed by atoms with van der Waals surface area (Å²) in [6, 6.07) is 51.1. The van der Waals surface area contributed by atoms with Crippen LogP contribution < -0.4 is 0 Å². The number of aromatic nitrogens is 1. The molecule has 0 radical (unpaired) electrons. The maximum absolute atomic E-state index is 2.41. The van der Waals surface area contributed by atoms with Gasteiger partial charge in [0.25, 0.3) is 0 Å². The summed E-state index contributed by atoms with van der Waals surface area (Å²) in [4.78, 5) is 0. The Morgan fingerprint density at radius 3 is 1.88 bits per heavy atom. The van der Waals surface area contributed by atoms with E-state index in [1.165, 1.54) is 72.0 Å². The summed E-state index contributed by atoms with van der Waals surface area (Å²) in [7, 11) is 0. The Labute approximate surface area is 235 Å². The van der Waals surface area contributed by atoms with Gasteiger partial charge in [-0.2, -0.15) is 0 Å². The molecule has 1 aliphatic carbocycles. The second-order valence-electron chi connectivity index (χ2n) is 11.4. The van der Waals surface area contributed by atoms with Crippen molar-refractivity contribution in [2.24, 2.45) is 0 Å². The SMILES string of the molecule is CC1(C)c2ccccc2-c2cc(-c3ccc4c5ccccc5n(-c5ccc(-c6ccccc6)cc5)c4c3)ccc21. The molecule has 1 heteroatoms. The third-order valence-electron chi connectivity index (χ3n) is 8.82. The minimum atomic E-state index is 0.0206. The van der Waals surface area contributed by atoms with E-state index >= 15 is 0 Å². The van der Waals surface area contributed by atoms with Gasteiger partial charge in [-0.1, -0.05) is 123 Å². The molecule has 0 N–H and O–H groups in total. The molecule has 0 fully saturated rings. The quantitative estimate of drug-likeness (QED) is 0.222. The third-order valence-corrected chi connectivity index (χ3v) is 8.82. The zero-order chi connectivity index (χ0) is 26.8. The smallest absolute Gasteiger partial charge is 0.0547 e. The monoisotopic (exact) mass is 511 g/mol. The van der Waals surface area contributed by atoms with Crippen LogP contribution in [0.15, 0.2) is 140 Å². The first-order valence-corrected chi connectivity index (χ1v) is 14.0. The summed E-state index contributed by atoms with van der Waals surface area (Å²) >= 11 is 0. The van der Waals surface area contributed by atoms with Crippen LogP contribution in [-0.2, 0) is 5.41 Å². The van der Waals surface area contributed by atoms with E-state index in [1.54, 1.807) is 0 Å². The first-order chi connectivity index (χ1) is 19.6. The molecule has 0 saturated carbocycles. The maximum atomic E-state index is 2.41. The fourth-order valence-corrected chi connectivity index (χ4v) is 6.76. The fourth-order valence-electron chi connectivity index (χ4n) is 6.76. The van der Waals surface area contributed by atoms with Crippen molar-refractivity contribution in [3.05, 3.63) is 151 Å². The van der Waals surface area contributed by atoms with E-state index in [2.05, 4.69) is 158 Å². The lowest BCUT2D eigenvalue weighted by atomic mass is 9.82. The van der Waals surface area contributed by atoms with E-state index in [9.17, 15) is 0 Å². The van der Waals surface area contributed by atoms with Gasteiger partial charge in [-0.05, 0) is 74.8 Å². The Morgan fingerprint density at radius 1 is 0.425 bits per heavy atom. The Morgan fingerprint density at radius 2 is 1.02 bits per heavy atom. The van der Waals surface area contributed by atoms with Crippen LogP contribution in [0.5, 0.6) is 0 Å². The lowest BCUT2D eigenvalue weighted by Crippen LogP contribution is -2.14. The van der Waals surface area contributed by atoms with E-state index in [0.29, 0.717) is 0 Å². The summed E-state index contributed by atoms with van der Waals surface area (Å²) in [6.45, 7) is 4.68. The minimum absolute atomic E-state index is 0.0206. The van der Waals surface area contributed by atoms with Crippen LogP contribution in [0, 0.1) is 0 Å². The van der Waals surface area contributed by atoms with Gasteiger partial charge in [0.15, 0.2) is 0 Å². The molecular formula is C39H29N. The van der Waals surface area contributed by atoms with Gasteiger partial charge >= 0.3 is 0 Å². The molecule has 0 atom stereocenters. The van der Waals surface area contributed by atoms with Gasteiger partial charge in [0.2, 0.25) is 0 Å². The fraction of sp³-hybridized carbons (Fsp3) is 0.0769. The van der Waals surface area contributed by atoms with Crippen molar-refractivity contribution in [1.29, 1.82) is 0 Å². The molecule has 1 aromatic heterocycles. The van der Waals surface area contributed by atoms with Crippen molar-refractivity contribution in [3.8, 4) is 39.1 Å². The van der Waals surface area contributed by atoms with Crippen LogP contribution in [0.1, 0.15) is 25.0 Å². The predicted octanol–water partition coefficient (Wildman–Crippen LogP) is 10.4. The molecule has 40 heavy (non-hydrogen) atoms. The summed E-state index contributed by atoms with van der Waals surface area (Å²) in [5.41, 5.74) is 14.1. The second kappa shape index (κ2) is 8.56. The standard InChI is InChI=1S/C39H29N/c1-39(2)35-14-8-6-12-31(35)34-24-28(19-23-36(34)39)29-18-22-33-32-13-7-9-15-37(32)40(38(33)25-29)30-20-16-27(17-21-30)26-10-4-3-5-11-26/h3-25H,1-2H3. The van der Waals surface area contributed by atoms with Crippen LogP contribution in [0.2, 0.25) is 0 Å². The normalized spacial score (nSPS) is 13.4. The van der Waals surface area contributed by atoms with Gasteiger partial charge in [0, 0.05) is 21.9 Å². The first-order valence-electron chi connectivity index (χ1n) is 14.0. The van der Waals surface area contributed by atoms with Crippen molar-refractivity contribution < 1.29 is 0 Å². The lowest BCUT2D eigenvalue weighted by Gasteiger charge is -2.21. The third kappa shape index (κ3) is 3.34. The molecule has 0 saturated heterocycles. The number of nitrogens with zero attached hydrogens (tertiary/aromatic N) is 1. The molecule has 1 aliphatic rings. The Kier molecular flexibility index (Phi) is 4.93. The maximum Gasteiger partial charge on any atom is 0.0547 e. The number of fused-ring (bicyclic) bond motifs is 6. The Bertz CT molecular complexity index is 2060. The molecule has 8 rings (SSSR count). The minimum Gasteiger partial charge on any atom is -0.309 e. The van der Waals surface area contributed by atoms with E-state index in [-0.39, 0.29) is 5.41 Å². The molecule has 0 aliphatic heterocycles. The van der Waals surface area contributed by atoms with Crippen LogP contribution in [0.4, 0.5) is 0 Å². The highest BCUT2D eigenvalue weighted by Gasteiger charge is 2.35. The molecule has 1 heterocycles. The highest BCUT2D eigenvalue weighted by Crippen LogP contribution is 2.49. The average molecular weight is 512 g/mol. The Balaban J connectivity index is 1.30. The molecule has 1 nitrogen and oxygen atoms in total. The van der Waals surface area contributed by atoms with E-state index in [0.717, 1.165) is 0 Å². The van der Waals surface area contributed by atoms with E-state index < -0.39 is 0 Å². The van der Waals surface area contributed by atoms with Crippen LogP contribution >= 0.6 is 0 Å². The molecule has 190 valence electrons. The van der Waals surface area contributed by atoms with E-state index in [1.807, 2.05) is 0 Å². The highest BCUT2D eigenvalue weighted by atomic mass is 15.0.